The monoisotopic (exact) mass is 364 g/mol. The molecule has 1 aliphatic heterocycles. The van der Waals surface area contributed by atoms with Gasteiger partial charge in [-0.3, -0.25) is 14.7 Å². The molecule has 3 heterocycles. The van der Waals surface area contributed by atoms with Gasteiger partial charge >= 0.3 is 0 Å². The van der Waals surface area contributed by atoms with E-state index in [4.69, 9.17) is 4.74 Å². The van der Waals surface area contributed by atoms with Gasteiger partial charge in [-0.15, -0.1) is 11.3 Å². The van der Waals surface area contributed by atoms with Crippen LogP contribution in [0.2, 0.25) is 0 Å². The summed E-state index contributed by atoms with van der Waals surface area (Å²) in [4.78, 5) is 23.2. The van der Waals surface area contributed by atoms with Crippen LogP contribution in [0.3, 0.4) is 0 Å². The molecule has 1 aliphatic rings. The predicted molar refractivity (Wildman–Crippen MR) is 95.6 cm³/mol. The van der Waals surface area contributed by atoms with Crippen molar-refractivity contribution in [2.24, 2.45) is 0 Å². The number of thiazole rings is 1. The maximum absolute atomic E-state index is 12.4. The number of nitrogens with zero attached hydrogens (tertiary/aromatic N) is 3. The first-order chi connectivity index (χ1) is 11.8. The van der Waals surface area contributed by atoms with Crippen molar-refractivity contribution in [3.8, 4) is 0 Å². The molecule has 8 heteroatoms. The third-order valence-electron chi connectivity index (χ3n) is 3.90. The Morgan fingerprint density at radius 2 is 2.33 bits per heavy atom. The van der Waals surface area contributed by atoms with Gasteiger partial charge < -0.3 is 10.1 Å². The van der Waals surface area contributed by atoms with Crippen LogP contribution in [-0.4, -0.2) is 59.9 Å². The van der Waals surface area contributed by atoms with Crippen LogP contribution >= 0.6 is 23.1 Å². The van der Waals surface area contributed by atoms with E-state index in [2.05, 4.69) is 20.2 Å². The fourth-order valence-corrected chi connectivity index (χ4v) is 3.90. The van der Waals surface area contributed by atoms with E-state index in [1.807, 2.05) is 24.6 Å². The van der Waals surface area contributed by atoms with Crippen molar-refractivity contribution in [2.45, 2.75) is 10.4 Å². The molecule has 0 aromatic carbocycles. The summed E-state index contributed by atoms with van der Waals surface area (Å²) in [6.45, 7) is 3.66. The van der Waals surface area contributed by atoms with Gasteiger partial charge in [-0.05, 0) is 17.9 Å². The van der Waals surface area contributed by atoms with Gasteiger partial charge in [0.1, 0.15) is 10.0 Å². The maximum atomic E-state index is 12.4. The van der Waals surface area contributed by atoms with E-state index < -0.39 is 0 Å². The zero-order valence-corrected chi connectivity index (χ0v) is 15.1. The molecule has 1 atom stereocenters. The number of hydrogen-bond acceptors (Lipinski definition) is 7. The first-order valence-corrected chi connectivity index (χ1v) is 9.88. The minimum atomic E-state index is -0.131. The summed E-state index contributed by atoms with van der Waals surface area (Å²) in [5, 5.41) is 4.82. The van der Waals surface area contributed by atoms with Crippen LogP contribution in [0.1, 0.15) is 22.1 Å². The van der Waals surface area contributed by atoms with E-state index in [1.54, 1.807) is 23.3 Å². The number of morpholine rings is 1. The van der Waals surface area contributed by atoms with Crippen LogP contribution in [0.4, 0.5) is 0 Å². The minimum Gasteiger partial charge on any atom is -0.379 e. The fourth-order valence-electron chi connectivity index (χ4n) is 2.66. The van der Waals surface area contributed by atoms with Crippen molar-refractivity contribution in [2.75, 3.05) is 39.1 Å². The summed E-state index contributed by atoms with van der Waals surface area (Å²) >= 11 is 3.04. The van der Waals surface area contributed by atoms with E-state index >= 15 is 0 Å². The molecule has 0 spiro atoms. The number of amides is 1. The zero-order valence-electron chi connectivity index (χ0n) is 13.5. The smallest absolute Gasteiger partial charge is 0.270 e. The minimum absolute atomic E-state index is 0.0882. The molecule has 1 saturated heterocycles. The lowest BCUT2D eigenvalue weighted by Crippen LogP contribution is -2.43. The molecule has 2 aromatic rings. The number of carbonyl (C=O) groups excluding carboxylic acids is 1. The van der Waals surface area contributed by atoms with Crippen molar-refractivity contribution in [3.63, 3.8) is 0 Å². The van der Waals surface area contributed by atoms with Crippen molar-refractivity contribution in [1.29, 1.82) is 0 Å². The van der Waals surface area contributed by atoms with E-state index in [1.165, 1.54) is 11.3 Å². The van der Waals surface area contributed by atoms with E-state index in [9.17, 15) is 4.79 Å². The van der Waals surface area contributed by atoms with Gasteiger partial charge in [0.25, 0.3) is 5.91 Å². The normalized spacial score (nSPS) is 16.7. The molecular formula is C16H20N4O2S2. The van der Waals surface area contributed by atoms with E-state index in [-0.39, 0.29) is 11.9 Å². The number of thioether (sulfide) groups is 1. The third kappa shape index (κ3) is 4.32. The third-order valence-corrected chi connectivity index (χ3v) is 5.77. The topological polar surface area (TPSA) is 67.4 Å². The zero-order chi connectivity index (χ0) is 16.8. The number of carbonyl (C=O) groups is 1. The van der Waals surface area contributed by atoms with Gasteiger partial charge in [-0.1, -0.05) is 17.8 Å². The molecule has 0 saturated carbocycles. The molecule has 1 amide bonds. The van der Waals surface area contributed by atoms with Crippen molar-refractivity contribution < 1.29 is 9.53 Å². The summed E-state index contributed by atoms with van der Waals surface area (Å²) in [6.07, 6.45) is 5.58. The van der Waals surface area contributed by atoms with Gasteiger partial charge in [-0.25, -0.2) is 4.98 Å². The van der Waals surface area contributed by atoms with E-state index in [0.717, 1.165) is 23.0 Å². The Labute approximate surface area is 149 Å². The highest BCUT2D eigenvalue weighted by atomic mass is 32.2. The van der Waals surface area contributed by atoms with Gasteiger partial charge in [0.05, 0.1) is 19.3 Å². The predicted octanol–water partition coefficient (Wildman–Crippen LogP) is 2.06. The molecular weight excluding hydrogens is 344 g/mol. The number of ether oxygens (including phenoxy) is 1. The van der Waals surface area contributed by atoms with Crippen molar-refractivity contribution >= 4 is 29.0 Å². The van der Waals surface area contributed by atoms with Crippen LogP contribution < -0.4 is 5.32 Å². The number of nitrogens with one attached hydrogen (secondary N) is 1. The Bertz CT molecular complexity index is 659. The highest BCUT2D eigenvalue weighted by molar-refractivity contribution is 8.00. The van der Waals surface area contributed by atoms with Gasteiger partial charge in [0, 0.05) is 37.4 Å². The summed E-state index contributed by atoms with van der Waals surface area (Å²) in [6, 6.07) is 4.06. The molecule has 0 bridgehead atoms. The average molecular weight is 364 g/mol. The molecule has 1 fully saturated rings. The molecule has 1 unspecified atom stereocenters. The fraction of sp³-hybridized carbons (Fsp3) is 0.438. The highest BCUT2D eigenvalue weighted by Gasteiger charge is 2.24. The first-order valence-electron chi connectivity index (χ1n) is 7.77. The standard InChI is InChI=1S/C16H20N4O2S2/c1-23-16-19-13(11-24-16)15(21)18-10-14(12-3-2-4-17-9-12)20-5-7-22-8-6-20/h2-4,9,11,14H,5-8,10H2,1H3,(H,18,21). The quantitative estimate of drug-likeness (QED) is 0.792. The van der Waals surface area contributed by atoms with Crippen LogP contribution in [0.25, 0.3) is 0 Å². The Balaban J connectivity index is 1.68. The van der Waals surface area contributed by atoms with E-state index in [0.29, 0.717) is 25.5 Å². The largest absolute Gasteiger partial charge is 0.379 e. The van der Waals surface area contributed by atoms with Crippen molar-refractivity contribution in [1.82, 2.24) is 20.2 Å². The summed E-state index contributed by atoms with van der Waals surface area (Å²) in [7, 11) is 0. The second kappa shape index (κ2) is 8.57. The Hall–Kier alpha value is -1.48. The number of pyridine rings is 1. The summed E-state index contributed by atoms with van der Waals surface area (Å²) in [5.74, 6) is -0.131. The molecule has 1 N–H and O–H groups in total. The second-order valence-corrected chi connectivity index (χ2v) is 7.27. The average Bonchev–Trinajstić information content (AvgIpc) is 3.13. The highest BCUT2D eigenvalue weighted by Crippen LogP contribution is 2.22. The molecule has 6 nitrogen and oxygen atoms in total. The van der Waals surface area contributed by atoms with Gasteiger partial charge in [0.2, 0.25) is 0 Å². The molecule has 2 aromatic heterocycles. The lowest BCUT2D eigenvalue weighted by Gasteiger charge is -2.34. The van der Waals surface area contributed by atoms with Crippen molar-refractivity contribution in [3.05, 3.63) is 41.2 Å². The molecule has 0 aliphatic carbocycles. The van der Waals surface area contributed by atoms with Crippen LogP contribution in [0, 0.1) is 0 Å². The lowest BCUT2D eigenvalue weighted by molar-refractivity contribution is 0.0161. The Morgan fingerprint density at radius 1 is 1.50 bits per heavy atom. The molecule has 0 radical (unpaired) electrons. The van der Waals surface area contributed by atoms with Crippen LogP contribution in [0.5, 0.6) is 0 Å². The Kier molecular flexibility index (Phi) is 6.19. The van der Waals surface area contributed by atoms with Crippen LogP contribution in [-0.2, 0) is 4.74 Å². The second-order valence-electron chi connectivity index (χ2n) is 5.36. The van der Waals surface area contributed by atoms with Crippen LogP contribution in [0.15, 0.2) is 34.2 Å². The number of hydrogen-bond donors (Lipinski definition) is 1. The summed E-state index contributed by atoms with van der Waals surface area (Å²) in [5.41, 5.74) is 1.58. The van der Waals surface area contributed by atoms with Gasteiger partial charge in [-0.2, -0.15) is 0 Å². The molecule has 24 heavy (non-hydrogen) atoms. The number of aromatic nitrogens is 2. The Morgan fingerprint density at radius 3 is 3.00 bits per heavy atom. The maximum Gasteiger partial charge on any atom is 0.270 e. The molecule has 128 valence electrons. The molecule has 3 rings (SSSR count). The van der Waals surface area contributed by atoms with Gasteiger partial charge in [0.15, 0.2) is 0 Å². The SMILES string of the molecule is CSc1nc(C(=O)NCC(c2cccnc2)N2CCOCC2)cs1. The first kappa shape index (κ1) is 17.3. The summed E-state index contributed by atoms with van der Waals surface area (Å²) < 4.78 is 6.34. The number of rotatable bonds is 6. The lowest BCUT2D eigenvalue weighted by atomic mass is 10.1.